The van der Waals surface area contributed by atoms with Gasteiger partial charge in [0, 0.05) is 12.0 Å². The molecule has 3 heteroatoms. The molecule has 56 valence electrons. The molecule has 0 fully saturated rings. The third-order valence-electron chi connectivity index (χ3n) is 1.08. The zero-order valence-electron chi connectivity index (χ0n) is 6.18. The molecule has 0 aromatic carbocycles. The minimum atomic E-state index is -0.471. The summed E-state index contributed by atoms with van der Waals surface area (Å²) in [5, 5.41) is 0. The number of carbonyl (C=O) groups is 2. The number of primary amides is 1. The van der Waals surface area contributed by atoms with Crippen LogP contribution < -0.4 is 5.73 Å². The van der Waals surface area contributed by atoms with E-state index in [4.69, 9.17) is 5.73 Å². The second-order valence-electron chi connectivity index (χ2n) is 2.16. The zero-order chi connectivity index (χ0) is 8.15. The van der Waals surface area contributed by atoms with Gasteiger partial charge >= 0.3 is 0 Å². The summed E-state index contributed by atoms with van der Waals surface area (Å²) in [5.74, 6) is -0.443. The third kappa shape index (κ3) is 3.83. The lowest BCUT2D eigenvalue weighted by atomic mass is 10.2. The highest BCUT2D eigenvalue weighted by Gasteiger charge is 1.96. The summed E-state index contributed by atoms with van der Waals surface area (Å²) in [4.78, 5) is 20.7. The molecule has 2 N–H and O–H groups in total. The Hall–Kier alpha value is -1.12. The van der Waals surface area contributed by atoms with E-state index < -0.39 is 5.91 Å². The van der Waals surface area contributed by atoms with Gasteiger partial charge in [0.1, 0.15) is 5.78 Å². The monoisotopic (exact) mass is 141 g/mol. The first-order chi connectivity index (χ1) is 4.54. The minimum Gasteiger partial charge on any atom is -0.366 e. The molecule has 0 atom stereocenters. The van der Waals surface area contributed by atoms with Crippen molar-refractivity contribution in [1.82, 2.24) is 0 Å². The van der Waals surface area contributed by atoms with Gasteiger partial charge in [-0.15, -0.1) is 0 Å². The maximum atomic E-state index is 10.4. The van der Waals surface area contributed by atoms with Crippen LogP contribution in [-0.2, 0) is 9.59 Å². The van der Waals surface area contributed by atoms with Gasteiger partial charge in [0.15, 0.2) is 0 Å². The Kier molecular flexibility index (Phi) is 3.39. The van der Waals surface area contributed by atoms with Crippen molar-refractivity contribution in [3.8, 4) is 0 Å². The Morgan fingerprint density at radius 3 is 2.20 bits per heavy atom. The summed E-state index contributed by atoms with van der Waals surface area (Å²) in [6, 6.07) is 0. The molecule has 0 saturated carbocycles. The van der Waals surface area contributed by atoms with Gasteiger partial charge in [-0.25, -0.2) is 0 Å². The fraction of sp³-hybridized carbons (Fsp3) is 0.429. The lowest BCUT2D eigenvalue weighted by molar-refractivity contribution is -0.116. The van der Waals surface area contributed by atoms with Crippen LogP contribution in [0.3, 0.4) is 0 Å². The zero-order valence-corrected chi connectivity index (χ0v) is 6.18. The molecule has 10 heavy (non-hydrogen) atoms. The number of Topliss-reactive ketones (excluding diaryl/α,β-unsaturated/α-hetero) is 1. The molecule has 0 aromatic rings. The van der Waals surface area contributed by atoms with Crippen molar-refractivity contribution in [3.05, 3.63) is 11.6 Å². The van der Waals surface area contributed by atoms with Crippen LogP contribution in [0.1, 0.15) is 20.3 Å². The number of allylic oxidation sites excluding steroid dienone is 1. The van der Waals surface area contributed by atoms with E-state index in [1.54, 1.807) is 6.92 Å². The fourth-order valence-electron chi connectivity index (χ4n) is 0.397. The van der Waals surface area contributed by atoms with E-state index in [1.165, 1.54) is 13.0 Å². The van der Waals surface area contributed by atoms with Crippen molar-refractivity contribution in [3.63, 3.8) is 0 Å². The standard InChI is InChI=1S/C7H11NO2/c1-5(7(8)10)3-4-6(2)9/h3H,4H2,1-2H3,(H2,8,10)/b5-3-. The van der Waals surface area contributed by atoms with E-state index in [1.807, 2.05) is 0 Å². The highest BCUT2D eigenvalue weighted by Crippen LogP contribution is 1.93. The molecular weight excluding hydrogens is 130 g/mol. The van der Waals surface area contributed by atoms with Crippen LogP contribution in [0.15, 0.2) is 11.6 Å². The van der Waals surface area contributed by atoms with Crippen molar-refractivity contribution < 1.29 is 9.59 Å². The summed E-state index contributed by atoms with van der Waals surface area (Å²) in [6.45, 7) is 3.05. The molecule has 0 spiro atoms. The van der Waals surface area contributed by atoms with Gasteiger partial charge in [-0.1, -0.05) is 6.08 Å². The first-order valence-corrected chi connectivity index (χ1v) is 3.00. The van der Waals surface area contributed by atoms with E-state index in [-0.39, 0.29) is 12.2 Å². The molecule has 0 bridgehead atoms. The summed E-state index contributed by atoms with van der Waals surface area (Å²) in [6.07, 6.45) is 1.82. The summed E-state index contributed by atoms with van der Waals surface area (Å²) in [7, 11) is 0. The largest absolute Gasteiger partial charge is 0.366 e. The number of ketones is 1. The smallest absolute Gasteiger partial charge is 0.244 e. The maximum Gasteiger partial charge on any atom is 0.244 e. The second-order valence-corrected chi connectivity index (χ2v) is 2.16. The lowest BCUT2D eigenvalue weighted by Crippen LogP contribution is -2.11. The molecule has 0 aliphatic rings. The van der Waals surface area contributed by atoms with Crippen molar-refractivity contribution >= 4 is 11.7 Å². The number of amides is 1. The van der Waals surface area contributed by atoms with Crippen LogP contribution in [0, 0.1) is 0 Å². The van der Waals surface area contributed by atoms with Crippen LogP contribution in [0.25, 0.3) is 0 Å². The minimum absolute atomic E-state index is 0.0283. The number of hydrogen-bond donors (Lipinski definition) is 1. The topological polar surface area (TPSA) is 60.2 Å². The highest BCUT2D eigenvalue weighted by molar-refractivity contribution is 5.92. The van der Waals surface area contributed by atoms with E-state index in [9.17, 15) is 9.59 Å². The van der Waals surface area contributed by atoms with Crippen LogP contribution in [0.5, 0.6) is 0 Å². The second kappa shape index (κ2) is 3.82. The summed E-state index contributed by atoms with van der Waals surface area (Å²) < 4.78 is 0. The molecule has 0 rings (SSSR count). The van der Waals surface area contributed by atoms with Gasteiger partial charge < -0.3 is 5.73 Å². The predicted octanol–water partition coefficient (Wildman–Crippen LogP) is 0.397. The quantitative estimate of drug-likeness (QED) is 0.578. The van der Waals surface area contributed by atoms with Crippen molar-refractivity contribution in [1.29, 1.82) is 0 Å². The van der Waals surface area contributed by atoms with E-state index in [2.05, 4.69) is 0 Å². The van der Waals surface area contributed by atoms with E-state index in [0.29, 0.717) is 5.57 Å². The normalized spacial score (nSPS) is 11.2. The van der Waals surface area contributed by atoms with Crippen LogP contribution >= 0.6 is 0 Å². The molecule has 0 heterocycles. The SMILES string of the molecule is CC(=O)C/C=C(/C)C(N)=O. The van der Waals surface area contributed by atoms with Gasteiger partial charge in [-0.3, -0.25) is 9.59 Å². The molecule has 0 aliphatic carbocycles. The van der Waals surface area contributed by atoms with Gasteiger partial charge in [-0.2, -0.15) is 0 Å². The first-order valence-electron chi connectivity index (χ1n) is 3.00. The average molecular weight is 141 g/mol. The molecule has 0 radical (unpaired) electrons. The Morgan fingerprint density at radius 2 is 1.90 bits per heavy atom. The molecule has 0 unspecified atom stereocenters. The third-order valence-corrected chi connectivity index (χ3v) is 1.08. The van der Waals surface area contributed by atoms with E-state index >= 15 is 0 Å². The van der Waals surface area contributed by atoms with Gasteiger partial charge in [-0.05, 0) is 13.8 Å². The van der Waals surface area contributed by atoms with Crippen LogP contribution in [0.2, 0.25) is 0 Å². The Balaban J connectivity index is 3.92. The van der Waals surface area contributed by atoms with Gasteiger partial charge in [0.25, 0.3) is 0 Å². The average Bonchev–Trinajstić information content (AvgIpc) is 1.82. The number of hydrogen-bond acceptors (Lipinski definition) is 2. The molecule has 0 aromatic heterocycles. The first kappa shape index (κ1) is 8.88. The Bertz CT molecular complexity index is 182. The Labute approximate surface area is 59.9 Å². The van der Waals surface area contributed by atoms with Crippen LogP contribution in [0.4, 0.5) is 0 Å². The molecular formula is C7H11NO2. The van der Waals surface area contributed by atoms with Gasteiger partial charge in [0.05, 0.1) is 0 Å². The predicted molar refractivity (Wildman–Crippen MR) is 38.2 cm³/mol. The van der Waals surface area contributed by atoms with Crippen LogP contribution in [-0.4, -0.2) is 11.7 Å². The number of rotatable bonds is 3. The Morgan fingerprint density at radius 1 is 1.40 bits per heavy atom. The molecule has 0 saturated heterocycles. The maximum absolute atomic E-state index is 10.4. The van der Waals surface area contributed by atoms with Crippen molar-refractivity contribution in [2.75, 3.05) is 0 Å². The molecule has 0 aliphatic heterocycles. The molecule has 3 nitrogen and oxygen atoms in total. The summed E-state index contributed by atoms with van der Waals surface area (Å²) in [5.41, 5.74) is 5.34. The van der Waals surface area contributed by atoms with Crippen molar-refractivity contribution in [2.45, 2.75) is 20.3 Å². The fourth-order valence-corrected chi connectivity index (χ4v) is 0.397. The molecule has 1 amide bonds. The number of nitrogens with two attached hydrogens (primary N) is 1. The summed E-state index contributed by atoms with van der Waals surface area (Å²) >= 11 is 0. The number of carbonyl (C=O) groups excluding carboxylic acids is 2. The lowest BCUT2D eigenvalue weighted by Gasteiger charge is -1.90. The van der Waals surface area contributed by atoms with E-state index in [0.717, 1.165) is 0 Å². The highest BCUT2D eigenvalue weighted by atomic mass is 16.1. The van der Waals surface area contributed by atoms with Crippen molar-refractivity contribution in [2.24, 2.45) is 5.73 Å². The van der Waals surface area contributed by atoms with Gasteiger partial charge in [0.2, 0.25) is 5.91 Å².